The minimum absolute atomic E-state index is 0.0683. The first-order chi connectivity index (χ1) is 7.29. The summed E-state index contributed by atoms with van der Waals surface area (Å²) >= 11 is 0. The fourth-order valence-corrected chi connectivity index (χ4v) is 1.79. The molecule has 0 saturated carbocycles. The van der Waals surface area contributed by atoms with E-state index in [0.717, 1.165) is 24.5 Å². The van der Waals surface area contributed by atoms with Crippen LogP contribution in [0.5, 0.6) is 0 Å². The Bertz CT molecular complexity index is 330. The fourth-order valence-electron chi connectivity index (χ4n) is 1.79. The quantitative estimate of drug-likeness (QED) is 0.693. The van der Waals surface area contributed by atoms with Crippen molar-refractivity contribution in [1.29, 1.82) is 0 Å². The molecule has 0 aromatic heterocycles. The highest BCUT2D eigenvalue weighted by molar-refractivity contribution is 5.56. The fraction of sp³-hybridized carbons (Fsp3) is 0.455. The van der Waals surface area contributed by atoms with Gasteiger partial charge in [0, 0.05) is 24.5 Å². The van der Waals surface area contributed by atoms with Crippen molar-refractivity contribution < 1.29 is 9.84 Å². The minimum atomic E-state index is -0.0832. The number of aliphatic hydroxyl groups excluding tert-OH is 1. The molecule has 1 fully saturated rings. The van der Waals surface area contributed by atoms with Crippen molar-refractivity contribution in [3.8, 4) is 0 Å². The summed E-state index contributed by atoms with van der Waals surface area (Å²) in [6.45, 7) is 2.29. The molecule has 0 unspecified atom stereocenters. The topological polar surface area (TPSA) is 58.7 Å². The van der Waals surface area contributed by atoms with Crippen LogP contribution in [-0.2, 0) is 4.74 Å². The van der Waals surface area contributed by atoms with Crippen LogP contribution in [-0.4, -0.2) is 37.5 Å². The zero-order valence-corrected chi connectivity index (χ0v) is 8.60. The Morgan fingerprint density at radius 2 is 2.40 bits per heavy atom. The van der Waals surface area contributed by atoms with E-state index >= 15 is 0 Å². The molecule has 0 amide bonds. The summed E-state index contributed by atoms with van der Waals surface area (Å²) in [7, 11) is 0. The van der Waals surface area contributed by atoms with Crippen LogP contribution in [0.1, 0.15) is 0 Å². The van der Waals surface area contributed by atoms with Crippen LogP contribution >= 0.6 is 0 Å². The molecule has 4 nitrogen and oxygen atoms in total. The van der Waals surface area contributed by atoms with Gasteiger partial charge in [-0.3, -0.25) is 0 Å². The van der Waals surface area contributed by atoms with Gasteiger partial charge in [-0.1, -0.05) is 6.07 Å². The lowest BCUT2D eigenvalue weighted by Crippen LogP contribution is -2.44. The maximum absolute atomic E-state index is 9.03. The van der Waals surface area contributed by atoms with E-state index in [1.807, 2.05) is 24.3 Å². The van der Waals surface area contributed by atoms with Crippen molar-refractivity contribution >= 4 is 11.4 Å². The number of morpholine rings is 1. The van der Waals surface area contributed by atoms with Crippen LogP contribution in [0, 0.1) is 0 Å². The summed E-state index contributed by atoms with van der Waals surface area (Å²) in [6.07, 6.45) is -0.0832. The molecule has 3 N–H and O–H groups in total. The number of ether oxygens (including phenoxy) is 1. The zero-order chi connectivity index (χ0) is 10.7. The standard InChI is InChI=1S/C11H16N2O2/c12-9-2-1-3-10(6-9)13-4-5-15-11(7-13)8-14/h1-3,6,11,14H,4-5,7-8,12H2/t11-/m0/s1. The Balaban J connectivity index is 2.09. The van der Waals surface area contributed by atoms with E-state index in [4.69, 9.17) is 15.6 Å². The van der Waals surface area contributed by atoms with Crippen molar-refractivity contribution in [2.24, 2.45) is 0 Å². The van der Waals surface area contributed by atoms with E-state index < -0.39 is 0 Å². The molecule has 1 saturated heterocycles. The molecule has 1 aromatic carbocycles. The number of aliphatic hydroxyl groups is 1. The lowest BCUT2D eigenvalue weighted by molar-refractivity contribution is 0.00357. The summed E-state index contributed by atoms with van der Waals surface area (Å²) in [5.41, 5.74) is 7.58. The largest absolute Gasteiger partial charge is 0.399 e. The van der Waals surface area contributed by atoms with Gasteiger partial charge in [0.1, 0.15) is 0 Å². The first-order valence-corrected chi connectivity index (χ1v) is 5.12. The highest BCUT2D eigenvalue weighted by Crippen LogP contribution is 2.19. The first-order valence-electron chi connectivity index (χ1n) is 5.12. The van der Waals surface area contributed by atoms with Gasteiger partial charge in [-0.2, -0.15) is 0 Å². The Morgan fingerprint density at radius 1 is 1.53 bits per heavy atom. The van der Waals surface area contributed by atoms with Gasteiger partial charge in [-0.05, 0) is 18.2 Å². The Labute approximate surface area is 89.3 Å². The highest BCUT2D eigenvalue weighted by atomic mass is 16.5. The molecule has 0 bridgehead atoms. The number of hydrogen-bond acceptors (Lipinski definition) is 4. The van der Waals surface area contributed by atoms with Gasteiger partial charge in [-0.15, -0.1) is 0 Å². The van der Waals surface area contributed by atoms with Gasteiger partial charge in [0.05, 0.1) is 19.3 Å². The number of benzene rings is 1. The van der Waals surface area contributed by atoms with Gasteiger partial charge in [0.15, 0.2) is 0 Å². The number of nitrogens with two attached hydrogens (primary N) is 1. The number of hydrogen-bond donors (Lipinski definition) is 2. The van der Waals surface area contributed by atoms with Crippen LogP contribution in [0.3, 0.4) is 0 Å². The second kappa shape index (κ2) is 4.51. The molecule has 1 aromatic rings. The highest BCUT2D eigenvalue weighted by Gasteiger charge is 2.19. The molecular weight excluding hydrogens is 192 g/mol. The SMILES string of the molecule is Nc1cccc(N2CCO[C@H](CO)C2)c1. The normalized spacial score (nSPS) is 21.7. The molecule has 1 aliphatic heterocycles. The lowest BCUT2D eigenvalue weighted by atomic mass is 10.2. The van der Waals surface area contributed by atoms with Gasteiger partial charge >= 0.3 is 0 Å². The third kappa shape index (κ3) is 2.40. The summed E-state index contributed by atoms with van der Waals surface area (Å²) in [5, 5.41) is 9.03. The van der Waals surface area contributed by atoms with Crippen molar-refractivity contribution in [3.63, 3.8) is 0 Å². The second-order valence-electron chi connectivity index (χ2n) is 3.72. The molecule has 0 aliphatic carbocycles. The predicted octanol–water partition coefficient (Wildman–Crippen LogP) is 0.466. The lowest BCUT2D eigenvalue weighted by Gasteiger charge is -2.33. The third-order valence-electron chi connectivity index (χ3n) is 2.58. The third-order valence-corrected chi connectivity index (χ3v) is 2.58. The monoisotopic (exact) mass is 208 g/mol. The Morgan fingerprint density at radius 3 is 3.13 bits per heavy atom. The van der Waals surface area contributed by atoms with E-state index in [9.17, 15) is 0 Å². The molecule has 1 heterocycles. The smallest absolute Gasteiger partial charge is 0.0980 e. The number of anilines is 2. The number of nitrogen functional groups attached to an aromatic ring is 1. The van der Waals surface area contributed by atoms with E-state index in [1.165, 1.54) is 0 Å². The van der Waals surface area contributed by atoms with Crippen LogP contribution < -0.4 is 10.6 Å². The molecule has 15 heavy (non-hydrogen) atoms. The molecule has 2 rings (SSSR count). The minimum Gasteiger partial charge on any atom is -0.399 e. The van der Waals surface area contributed by atoms with Crippen molar-refractivity contribution in [3.05, 3.63) is 24.3 Å². The average molecular weight is 208 g/mol. The summed E-state index contributed by atoms with van der Waals surface area (Å²) in [4.78, 5) is 2.18. The first kappa shape index (κ1) is 10.3. The van der Waals surface area contributed by atoms with E-state index in [-0.39, 0.29) is 12.7 Å². The zero-order valence-electron chi connectivity index (χ0n) is 8.60. The van der Waals surface area contributed by atoms with E-state index in [2.05, 4.69) is 4.90 Å². The average Bonchev–Trinajstić information content (AvgIpc) is 2.29. The van der Waals surface area contributed by atoms with Crippen LogP contribution in [0.15, 0.2) is 24.3 Å². The predicted molar refractivity (Wildman–Crippen MR) is 59.9 cm³/mol. The van der Waals surface area contributed by atoms with Crippen LogP contribution in [0.2, 0.25) is 0 Å². The molecular formula is C11H16N2O2. The van der Waals surface area contributed by atoms with E-state index in [0.29, 0.717) is 6.61 Å². The molecule has 1 atom stereocenters. The van der Waals surface area contributed by atoms with Crippen molar-refractivity contribution in [1.82, 2.24) is 0 Å². The van der Waals surface area contributed by atoms with Crippen LogP contribution in [0.4, 0.5) is 11.4 Å². The Hall–Kier alpha value is -1.26. The molecule has 82 valence electrons. The number of rotatable bonds is 2. The van der Waals surface area contributed by atoms with Crippen LogP contribution in [0.25, 0.3) is 0 Å². The molecule has 0 spiro atoms. The maximum Gasteiger partial charge on any atom is 0.0980 e. The van der Waals surface area contributed by atoms with E-state index in [1.54, 1.807) is 0 Å². The summed E-state index contributed by atoms with van der Waals surface area (Å²) in [6, 6.07) is 7.78. The molecule has 4 heteroatoms. The van der Waals surface area contributed by atoms with Gasteiger partial charge in [-0.25, -0.2) is 0 Å². The van der Waals surface area contributed by atoms with Gasteiger partial charge in [0.25, 0.3) is 0 Å². The summed E-state index contributed by atoms with van der Waals surface area (Å²) in [5.74, 6) is 0. The second-order valence-corrected chi connectivity index (χ2v) is 3.72. The van der Waals surface area contributed by atoms with Gasteiger partial charge < -0.3 is 20.5 Å². The van der Waals surface area contributed by atoms with Crippen molar-refractivity contribution in [2.45, 2.75) is 6.10 Å². The molecule has 1 aliphatic rings. The van der Waals surface area contributed by atoms with Gasteiger partial charge in [0.2, 0.25) is 0 Å². The number of nitrogens with zero attached hydrogens (tertiary/aromatic N) is 1. The Kier molecular flexibility index (Phi) is 3.08. The summed E-state index contributed by atoms with van der Waals surface area (Å²) < 4.78 is 5.39. The molecule has 0 radical (unpaired) electrons. The van der Waals surface area contributed by atoms with Crippen molar-refractivity contribution in [2.75, 3.05) is 36.9 Å². The maximum atomic E-state index is 9.03.